The molecule has 72 valence electrons. The van der Waals surface area contributed by atoms with Crippen molar-refractivity contribution in [1.82, 2.24) is 0 Å². The lowest BCUT2D eigenvalue weighted by Crippen LogP contribution is -1.95. The first-order valence-corrected chi connectivity index (χ1v) is 4.69. The van der Waals surface area contributed by atoms with Crippen molar-refractivity contribution < 1.29 is 5.11 Å². The Kier molecular flexibility index (Phi) is 2.37. The molecule has 0 atom stereocenters. The summed E-state index contributed by atoms with van der Waals surface area (Å²) < 4.78 is 0. The molecule has 0 unspecified atom stereocenters. The van der Waals surface area contributed by atoms with E-state index >= 15 is 0 Å². The maximum Gasteiger partial charge on any atom is 0.104 e. The molecule has 2 nitrogen and oxygen atoms in total. The molecule has 1 aliphatic carbocycles. The summed E-state index contributed by atoms with van der Waals surface area (Å²) >= 11 is 0. The molecule has 0 fully saturated rings. The Balaban J connectivity index is 2.34. The van der Waals surface area contributed by atoms with E-state index in [-0.39, 0.29) is 0 Å². The van der Waals surface area contributed by atoms with Crippen molar-refractivity contribution in [3.63, 3.8) is 0 Å². The van der Waals surface area contributed by atoms with Crippen molar-refractivity contribution in [3.05, 3.63) is 53.3 Å². The highest BCUT2D eigenvalue weighted by Gasteiger charge is 2.09. The van der Waals surface area contributed by atoms with Gasteiger partial charge in [0, 0.05) is 18.5 Å². The van der Waals surface area contributed by atoms with Gasteiger partial charge < -0.3 is 10.8 Å². The zero-order valence-corrected chi connectivity index (χ0v) is 7.90. The third-order valence-corrected chi connectivity index (χ3v) is 2.41. The second kappa shape index (κ2) is 3.68. The summed E-state index contributed by atoms with van der Waals surface area (Å²) in [5, 5.41) is 9.56. The molecule has 1 aliphatic rings. The van der Waals surface area contributed by atoms with Gasteiger partial charge in [-0.05, 0) is 11.1 Å². The zero-order chi connectivity index (χ0) is 9.97. The molecule has 1 aromatic rings. The maximum absolute atomic E-state index is 9.56. The van der Waals surface area contributed by atoms with Crippen molar-refractivity contribution >= 4 is 5.57 Å². The lowest BCUT2D eigenvalue weighted by molar-refractivity contribution is 0.407. The number of benzene rings is 1. The van der Waals surface area contributed by atoms with Crippen molar-refractivity contribution in [2.45, 2.75) is 13.0 Å². The fraction of sp³-hybridized carbons (Fsp3) is 0.167. The van der Waals surface area contributed by atoms with E-state index in [1.807, 2.05) is 36.4 Å². The third-order valence-electron chi connectivity index (χ3n) is 2.41. The Morgan fingerprint density at radius 2 is 1.93 bits per heavy atom. The molecule has 0 heterocycles. The van der Waals surface area contributed by atoms with E-state index in [2.05, 4.69) is 0 Å². The normalized spacial score (nSPS) is 15.2. The van der Waals surface area contributed by atoms with Crippen molar-refractivity contribution in [2.24, 2.45) is 5.73 Å². The predicted octanol–water partition coefficient (Wildman–Crippen LogP) is 2.37. The summed E-state index contributed by atoms with van der Waals surface area (Å²) in [6, 6.07) is 7.95. The molecule has 0 aromatic heterocycles. The van der Waals surface area contributed by atoms with Crippen LogP contribution in [0.25, 0.3) is 5.57 Å². The van der Waals surface area contributed by atoms with Gasteiger partial charge in [-0.2, -0.15) is 0 Å². The molecule has 0 amide bonds. The topological polar surface area (TPSA) is 46.2 Å². The van der Waals surface area contributed by atoms with E-state index in [1.54, 1.807) is 0 Å². The van der Waals surface area contributed by atoms with E-state index in [4.69, 9.17) is 5.73 Å². The van der Waals surface area contributed by atoms with Gasteiger partial charge in [0.15, 0.2) is 0 Å². The fourth-order valence-corrected chi connectivity index (χ4v) is 1.58. The van der Waals surface area contributed by atoms with Crippen molar-refractivity contribution in [1.29, 1.82) is 0 Å². The van der Waals surface area contributed by atoms with Gasteiger partial charge in [-0.25, -0.2) is 0 Å². The van der Waals surface area contributed by atoms with E-state index in [1.165, 1.54) is 0 Å². The minimum atomic E-state index is 0.450. The van der Waals surface area contributed by atoms with Crippen LogP contribution in [0.1, 0.15) is 17.5 Å². The summed E-state index contributed by atoms with van der Waals surface area (Å²) in [5.41, 5.74) is 8.59. The van der Waals surface area contributed by atoms with Crippen LogP contribution in [-0.4, -0.2) is 5.11 Å². The molecule has 2 heteroatoms. The summed E-state index contributed by atoms with van der Waals surface area (Å²) in [6.07, 6.45) is 4.56. The highest BCUT2D eigenvalue weighted by atomic mass is 16.3. The van der Waals surface area contributed by atoms with Gasteiger partial charge in [0.25, 0.3) is 0 Å². The molecular formula is C12H13NO. The fourth-order valence-electron chi connectivity index (χ4n) is 1.58. The average Bonchev–Trinajstić information content (AvgIpc) is 2.65. The van der Waals surface area contributed by atoms with Crippen LogP contribution in [0.4, 0.5) is 0 Å². The Hall–Kier alpha value is -1.54. The van der Waals surface area contributed by atoms with Gasteiger partial charge >= 0.3 is 0 Å². The van der Waals surface area contributed by atoms with Crippen LogP contribution in [0.15, 0.2) is 42.2 Å². The van der Waals surface area contributed by atoms with Crippen LogP contribution in [0.3, 0.4) is 0 Å². The second-order valence-corrected chi connectivity index (χ2v) is 3.37. The number of allylic oxidation sites excluding steroid dienone is 3. The number of hydrogen-bond donors (Lipinski definition) is 2. The van der Waals surface area contributed by atoms with Crippen molar-refractivity contribution in [3.8, 4) is 0 Å². The molecule has 3 N–H and O–H groups in total. The molecule has 0 spiro atoms. The lowest BCUT2D eigenvalue weighted by atomic mass is 10.0. The van der Waals surface area contributed by atoms with E-state index in [0.717, 1.165) is 16.7 Å². The van der Waals surface area contributed by atoms with E-state index in [9.17, 15) is 5.11 Å². The van der Waals surface area contributed by atoms with Gasteiger partial charge in [0.05, 0.1) is 0 Å². The summed E-state index contributed by atoms with van der Waals surface area (Å²) in [7, 11) is 0. The molecule has 2 rings (SSSR count). The third kappa shape index (κ3) is 1.56. The lowest BCUT2D eigenvalue weighted by Gasteiger charge is -2.03. The summed E-state index contributed by atoms with van der Waals surface area (Å²) in [5.74, 6) is 0.450. The molecule has 14 heavy (non-hydrogen) atoms. The highest BCUT2D eigenvalue weighted by molar-refractivity contribution is 5.77. The molecule has 1 aromatic carbocycles. The largest absolute Gasteiger partial charge is 0.511 e. The Morgan fingerprint density at radius 3 is 2.43 bits per heavy atom. The van der Waals surface area contributed by atoms with Gasteiger partial charge in [0.2, 0.25) is 0 Å². The molecule has 0 saturated heterocycles. The molecule has 0 saturated carbocycles. The van der Waals surface area contributed by atoms with Gasteiger partial charge in [-0.1, -0.05) is 36.4 Å². The van der Waals surface area contributed by atoms with Crippen LogP contribution >= 0.6 is 0 Å². The van der Waals surface area contributed by atoms with Crippen LogP contribution in [0, 0.1) is 0 Å². The maximum atomic E-state index is 9.56. The summed E-state index contributed by atoms with van der Waals surface area (Å²) in [6.45, 7) is 0.557. The number of aliphatic hydroxyl groups excluding tert-OH is 1. The highest BCUT2D eigenvalue weighted by Crippen LogP contribution is 2.26. The quantitative estimate of drug-likeness (QED) is 0.746. The monoisotopic (exact) mass is 187 g/mol. The van der Waals surface area contributed by atoms with E-state index in [0.29, 0.717) is 18.7 Å². The van der Waals surface area contributed by atoms with Crippen LogP contribution < -0.4 is 5.73 Å². The summed E-state index contributed by atoms with van der Waals surface area (Å²) in [4.78, 5) is 0. The second-order valence-electron chi connectivity index (χ2n) is 3.37. The number of hydrogen-bond acceptors (Lipinski definition) is 2. The zero-order valence-electron chi connectivity index (χ0n) is 7.90. The smallest absolute Gasteiger partial charge is 0.104 e. The van der Waals surface area contributed by atoms with Gasteiger partial charge in [-0.3, -0.25) is 0 Å². The first kappa shape index (κ1) is 9.03. The van der Waals surface area contributed by atoms with Crippen LogP contribution in [0.2, 0.25) is 0 Å². The van der Waals surface area contributed by atoms with Gasteiger partial charge in [-0.15, -0.1) is 0 Å². The standard InChI is InChI=1S/C12H13NO/c13-8-9-4-6-10(7-5-9)11-2-1-3-12(11)14/h1-2,4-7,14H,3,8,13H2. The molecule has 0 bridgehead atoms. The van der Waals surface area contributed by atoms with Gasteiger partial charge in [0.1, 0.15) is 5.76 Å². The van der Waals surface area contributed by atoms with Crippen LogP contribution in [0.5, 0.6) is 0 Å². The predicted molar refractivity (Wildman–Crippen MR) is 57.6 cm³/mol. The average molecular weight is 187 g/mol. The van der Waals surface area contributed by atoms with E-state index < -0.39 is 0 Å². The number of rotatable bonds is 2. The van der Waals surface area contributed by atoms with Crippen LogP contribution in [-0.2, 0) is 6.54 Å². The van der Waals surface area contributed by atoms with Crippen molar-refractivity contribution in [2.75, 3.05) is 0 Å². The molecule has 0 radical (unpaired) electrons. The number of aliphatic hydroxyl groups is 1. The minimum absolute atomic E-state index is 0.450. The molecule has 0 aliphatic heterocycles. The Morgan fingerprint density at radius 1 is 1.21 bits per heavy atom. The number of nitrogens with two attached hydrogens (primary N) is 1. The minimum Gasteiger partial charge on any atom is -0.511 e. The Bertz CT molecular complexity index is 387. The Labute approximate surface area is 83.4 Å². The first-order chi connectivity index (χ1) is 6.81. The first-order valence-electron chi connectivity index (χ1n) is 4.69. The molecular weight excluding hydrogens is 174 g/mol. The SMILES string of the molecule is NCc1ccc(C2=C(O)CC=C2)cc1.